The first-order valence-corrected chi connectivity index (χ1v) is 5.62. The lowest BCUT2D eigenvalue weighted by Gasteiger charge is -2.16. The largest absolute Gasteiger partial charge is 0.384 e. The van der Waals surface area contributed by atoms with Crippen molar-refractivity contribution in [1.29, 1.82) is 0 Å². The summed E-state index contributed by atoms with van der Waals surface area (Å²) in [4.78, 5) is 27.3. The Bertz CT molecular complexity index is 462. The molecule has 7 heteroatoms. The van der Waals surface area contributed by atoms with E-state index in [1.54, 1.807) is 7.05 Å². The second-order valence-corrected chi connectivity index (χ2v) is 3.96. The van der Waals surface area contributed by atoms with Crippen LogP contribution in [0.3, 0.4) is 0 Å². The molecule has 2 N–H and O–H groups in total. The van der Waals surface area contributed by atoms with Gasteiger partial charge in [-0.25, -0.2) is 4.98 Å². The second kappa shape index (κ2) is 5.95. The molecule has 7 nitrogen and oxygen atoms in total. The van der Waals surface area contributed by atoms with Crippen LogP contribution >= 0.6 is 0 Å². The van der Waals surface area contributed by atoms with Gasteiger partial charge in [-0.2, -0.15) is 0 Å². The number of rotatable bonds is 5. The van der Waals surface area contributed by atoms with Crippen molar-refractivity contribution in [2.45, 2.75) is 19.8 Å². The minimum atomic E-state index is -0.632. The van der Waals surface area contributed by atoms with Gasteiger partial charge in [-0.05, 0) is 12.5 Å². The number of nitrogens with two attached hydrogens (primary N) is 1. The van der Waals surface area contributed by atoms with E-state index in [1.165, 1.54) is 11.0 Å². The summed E-state index contributed by atoms with van der Waals surface area (Å²) in [6, 6.07) is 1.24. The smallest absolute Gasteiger partial charge is 0.300 e. The van der Waals surface area contributed by atoms with E-state index in [9.17, 15) is 14.9 Å². The Labute approximate surface area is 105 Å². The van der Waals surface area contributed by atoms with Crippen molar-refractivity contribution in [3.8, 4) is 0 Å². The molecular weight excluding hydrogens is 236 g/mol. The molecule has 0 unspecified atom stereocenters. The van der Waals surface area contributed by atoms with Gasteiger partial charge >= 0.3 is 0 Å². The lowest BCUT2D eigenvalue weighted by molar-refractivity contribution is -0.385. The summed E-state index contributed by atoms with van der Waals surface area (Å²) in [6.45, 7) is 2.56. The lowest BCUT2D eigenvalue weighted by atomic mass is 10.2. The maximum Gasteiger partial charge on any atom is 0.300 e. The van der Waals surface area contributed by atoms with E-state index in [4.69, 9.17) is 5.73 Å². The molecule has 18 heavy (non-hydrogen) atoms. The van der Waals surface area contributed by atoms with Crippen LogP contribution in [0.1, 0.15) is 30.1 Å². The van der Waals surface area contributed by atoms with E-state index >= 15 is 0 Å². The summed E-state index contributed by atoms with van der Waals surface area (Å²) < 4.78 is 0. The van der Waals surface area contributed by atoms with E-state index in [1.807, 2.05) is 6.92 Å². The molecule has 1 aromatic rings. The Morgan fingerprint density at radius 1 is 1.61 bits per heavy atom. The van der Waals surface area contributed by atoms with Gasteiger partial charge in [0.1, 0.15) is 17.6 Å². The minimum absolute atomic E-state index is 0.0221. The number of nitrogen functional groups attached to an aromatic ring is 1. The van der Waals surface area contributed by atoms with E-state index < -0.39 is 10.8 Å². The molecule has 0 aliphatic rings. The van der Waals surface area contributed by atoms with Crippen LogP contribution in [-0.4, -0.2) is 34.3 Å². The van der Waals surface area contributed by atoms with Gasteiger partial charge < -0.3 is 10.6 Å². The summed E-state index contributed by atoms with van der Waals surface area (Å²) in [5.41, 5.74) is 5.12. The summed E-state index contributed by atoms with van der Waals surface area (Å²) in [7, 11) is 1.61. The summed E-state index contributed by atoms with van der Waals surface area (Å²) >= 11 is 0. The molecule has 1 heterocycles. The van der Waals surface area contributed by atoms with Crippen molar-refractivity contribution in [3.63, 3.8) is 0 Å². The van der Waals surface area contributed by atoms with Crippen molar-refractivity contribution in [2.24, 2.45) is 0 Å². The van der Waals surface area contributed by atoms with Crippen molar-refractivity contribution in [2.75, 3.05) is 19.3 Å². The molecule has 98 valence electrons. The minimum Gasteiger partial charge on any atom is -0.384 e. The van der Waals surface area contributed by atoms with Crippen LogP contribution in [-0.2, 0) is 0 Å². The molecule has 1 rings (SSSR count). The maximum absolute atomic E-state index is 12.1. The number of pyridine rings is 1. The van der Waals surface area contributed by atoms with Gasteiger partial charge in [-0.1, -0.05) is 13.3 Å². The first-order valence-electron chi connectivity index (χ1n) is 5.62. The highest BCUT2D eigenvalue weighted by molar-refractivity contribution is 5.98. The monoisotopic (exact) mass is 252 g/mol. The quantitative estimate of drug-likeness (QED) is 0.631. The Hall–Kier alpha value is -2.18. The highest BCUT2D eigenvalue weighted by Crippen LogP contribution is 2.20. The molecule has 0 fully saturated rings. The van der Waals surface area contributed by atoms with E-state index in [0.717, 1.165) is 19.0 Å². The number of carbonyl (C=O) groups is 1. The van der Waals surface area contributed by atoms with Gasteiger partial charge in [0.15, 0.2) is 0 Å². The Kier molecular flexibility index (Phi) is 4.59. The fourth-order valence-electron chi connectivity index (χ4n) is 1.48. The number of hydrogen-bond acceptors (Lipinski definition) is 5. The third-order valence-corrected chi connectivity index (χ3v) is 2.52. The molecule has 0 radical (unpaired) electrons. The molecule has 1 aromatic heterocycles. The highest BCUT2D eigenvalue weighted by Gasteiger charge is 2.23. The predicted molar refractivity (Wildman–Crippen MR) is 67.2 cm³/mol. The number of nitro groups is 1. The topological polar surface area (TPSA) is 102 Å². The van der Waals surface area contributed by atoms with Crippen molar-refractivity contribution >= 4 is 17.4 Å². The van der Waals surface area contributed by atoms with E-state index in [2.05, 4.69) is 4.98 Å². The molecule has 0 spiro atoms. The van der Waals surface area contributed by atoms with Crippen LogP contribution in [0, 0.1) is 10.1 Å². The van der Waals surface area contributed by atoms with Gasteiger partial charge in [-0.15, -0.1) is 0 Å². The van der Waals surface area contributed by atoms with Crippen molar-refractivity contribution < 1.29 is 9.72 Å². The number of unbranched alkanes of at least 4 members (excludes halogenated alkanes) is 1. The lowest BCUT2D eigenvalue weighted by Crippen LogP contribution is -2.28. The van der Waals surface area contributed by atoms with Crippen LogP contribution in [0.4, 0.5) is 11.5 Å². The zero-order valence-electron chi connectivity index (χ0n) is 10.4. The van der Waals surface area contributed by atoms with Crippen LogP contribution in [0.2, 0.25) is 0 Å². The molecule has 1 amide bonds. The molecule has 0 aliphatic heterocycles. The first-order chi connectivity index (χ1) is 8.47. The number of amides is 1. The number of anilines is 1. The zero-order valence-corrected chi connectivity index (χ0v) is 10.4. The van der Waals surface area contributed by atoms with Crippen LogP contribution < -0.4 is 5.73 Å². The maximum atomic E-state index is 12.1. The molecule has 0 saturated heterocycles. The number of carbonyl (C=O) groups excluding carboxylic acids is 1. The van der Waals surface area contributed by atoms with Crippen LogP contribution in [0.25, 0.3) is 0 Å². The Morgan fingerprint density at radius 2 is 2.28 bits per heavy atom. The molecule has 0 aromatic carbocycles. The van der Waals surface area contributed by atoms with Gasteiger partial charge in [0.05, 0.1) is 4.92 Å². The molecular formula is C11H16N4O3. The average molecular weight is 252 g/mol. The average Bonchev–Trinajstić information content (AvgIpc) is 2.34. The number of nitrogens with zero attached hydrogens (tertiary/aromatic N) is 3. The summed E-state index contributed by atoms with van der Waals surface area (Å²) in [6.07, 6.45) is 2.80. The van der Waals surface area contributed by atoms with Crippen LogP contribution in [0.5, 0.6) is 0 Å². The Balaban J connectivity index is 3.03. The number of aromatic nitrogens is 1. The third kappa shape index (κ3) is 3.16. The summed E-state index contributed by atoms with van der Waals surface area (Å²) in [5.74, 6) is -0.322. The molecule has 0 saturated carbocycles. The molecule has 0 bridgehead atoms. The standard InChI is InChI=1S/C11H16N4O3/c1-3-4-5-14(2)11(16)8-6-10(12)13-7-9(8)15(17)18/h6-7H,3-5H2,1-2H3,(H2,12,13). The SMILES string of the molecule is CCCCN(C)C(=O)c1cc(N)ncc1[N+](=O)[O-]. The van der Waals surface area contributed by atoms with Gasteiger partial charge in [-0.3, -0.25) is 14.9 Å². The number of hydrogen-bond donors (Lipinski definition) is 1. The third-order valence-electron chi connectivity index (χ3n) is 2.52. The Morgan fingerprint density at radius 3 is 2.83 bits per heavy atom. The molecule has 0 aliphatic carbocycles. The van der Waals surface area contributed by atoms with E-state index in [-0.39, 0.29) is 17.1 Å². The first kappa shape index (κ1) is 13.9. The predicted octanol–water partition coefficient (Wildman–Crippen LogP) is 1.44. The second-order valence-electron chi connectivity index (χ2n) is 3.96. The fourth-order valence-corrected chi connectivity index (χ4v) is 1.48. The van der Waals surface area contributed by atoms with Gasteiger partial charge in [0.25, 0.3) is 11.6 Å². The van der Waals surface area contributed by atoms with Crippen LogP contribution in [0.15, 0.2) is 12.3 Å². The van der Waals surface area contributed by atoms with E-state index in [0.29, 0.717) is 6.54 Å². The molecule has 0 atom stereocenters. The van der Waals surface area contributed by atoms with Crippen molar-refractivity contribution in [1.82, 2.24) is 9.88 Å². The normalized spacial score (nSPS) is 10.1. The van der Waals surface area contributed by atoms with Crippen molar-refractivity contribution in [3.05, 3.63) is 27.9 Å². The van der Waals surface area contributed by atoms with Gasteiger partial charge in [0, 0.05) is 13.6 Å². The fraction of sp³-hybridized carbons (Fsp3) is 0.455. The highest BCUT2D eigenvalue weighted by atomic mass is 16.6. The zero-order chi connectivity index (χ0) is 13.7. The van der Waals surface area contributed by atoms with Gasteiger partial charge in [0.2, 0.25) is 0 Å². The summed E-state index contributed by atoms with van der Waals surface area (Å²) in [5, 5.41) is 10.8.